The summed E-state index contributed by atoms with van der Waals surface area (Å²) < 4.78 is 1.18. The molecule has 0 unspecified atom stereocenters. The third-order valence-corrected chi connectivity index (χ3v) is 2.65. The molecule has 1 amide bonds. The van der Waals surface area contributed by atoms with Crippen LogP contribution in [0, 0.1) is 6.92 Å². The Morgan fingerprint density at radius 2 is 2.40 bits per heavy atom. The summed E-state index contributed by atoms with van der Waals surface area (Å²) in [6.07, 6.45) is 0.0342. The fraction of sp³-hybridized carbons (Fsp3) is 0.250. The van der Waals surface area contributed by atoms with Crippen LogP contribution < -0.4 is 11.3 Å². The number of nitrogens with zero attached hydrogens (tertiary/aromatic N) is 3. The van der Waals surface area contributed by atoms with E-state index in [1.54, 1.807) is 6.92 Å². The van der Waals surface area contributed by atoms with Crippen LogP contribution in [0.3, 0.4) is 0 Å². The average Bonchev–Trinajstić information content (AvgIpc) is 2.45. The van der Waals surface area contributed by atoms with E-state index in [1.165, 1.54) is 21.9 Å². The van der Waals surface area contributed by atoms with Gasteiger partial charge in [0.25, 0.3) is 5.56 Å². The summed E-state index contributed by atoms with van der Waals surface area (Å²) >= 11 is 1.19. The Bertz CT molecular complexity index is 586. The number of nitrogens with two attached hydrogens (primary N) is 1. The molecule has 6 nitrogen and oxygen atoms in total. The highest BCUT2D eigenvalue weighted by Gasteiger charge is 2.09. The third kappa shape index (κ3) is 1.86. The summed E-state index contributed by atoms with van der Waals surface area (Å²) in [5.74, 6) is -0.473. The molecular weight excluding hydrogens is 216 g/mol. The molecule has 0 saturated carbocycles. The molecule has 0 radical (unpaired) electrons. The zero-order chi connectivity index (χ0) is 11.0. The van der Waals surface area contributed by atoms with E-state index in [0.29, 0.717) is 15.7 Å². The molecule has 15 heavy (non-hydrogen) atoms. The first kappa shape index (κ1) is 9.78. The van der Waals surface area contributed by atoms with Crippen molar-refractivity contribution < 1.29 is 4.79 Å². The number of carbonyl (C=O) groups is 1. The maximum atomic E-state index is 11.4. The van der Waals surface area contributed by atoms with Crippen LogP contribution in [0.4, 0.5) is 0 Å². The van der Waals surface area contributed by atoms with Crippen molar-refractivity contribution in [3.8, 4) is 0 Å². The number of primary amides is 1. The molecule has 7 heteroatoms. The van der Waals surface area contributed by atoms with Crippen molar-refractivity contribution in [2.75, 3.05) is 0 Å². The first-order chi connectivity index (χ1) is 7.06. The van der Waals surface area contributed by atoms with Crippen molar-refractivity contribution in [3.05, 3.63) is 27.1 Å². The number of aromatic nitrogens is 3. The Balaban J connectivity index is 2.60. The molecule has 0 aliphatic heterocycles. The molecule has 78 valence electrons. The molecule has 0 aliphatic carbocycles. The molecule has 0 atom stereocenters. The van der Waals surface area contributed by atoms with Gasteiger partial charge in [-0.05, 0) is 6.92 Å². The van der Waals surface area contributed by atoms with Gasteiger partial charge >= 0.3 is 0 Å². The van der Waals surface area contributed by atoms with E-state index < -0.39 is 5.91 Å². The standard InChI is InChI=1S/C8H8N4O2S/c1-4-2-7(14)12-8(10-4)15-6(11-12)3-5(9)13/h2H,3H2,1H3,(H2,9,13). The number of rotatable bonds is 2. The van der Waals surface area contributed by atoms with Crippen molar-refractivity contribution in [2.24, 2.45) is 5.73 Å². The molecule has 2 rings (SSSR count). The lowest BCUT2D eigenvalue weighted by molar-refractivity contribution is -0.117. The molecule has 2 N–H and O–H groups in total. The molecule has 0 aliphatic rings. The molecule has 2 aromatic heterocycles. The fourth-order valence-corrected chi connectivity index (χ4v) is 2.14. The van der Waals surface area contributed by atoms with Crippen LogP contribution in [0.1, 0.15) is 10.7 Å². The second kappa shape index (κ2) is 3.43. The van der Waals surface area contributed by atoms with Gasteiger partial charge in [0, 0.05) is 11.8 Å². The molecule has 0 fully saturated rings. The van der Waals surface area contributed by atoms with Gasteiger partial charge in [-0.3, -0.25) is 9.59 Å². The third-order valence-electron chi connectivity index (χ3n) is 1.74. The second-order valence-electron chi connectivity index (χ2n) is 3.07. The normalized spacial score (nSPS) is 10.7. The molecule has 0 bridgehead atoms. The van der Waals surface area contributed by atoms with E-state index in [2.05, 4.69) is 10.1 Å². The predicted octanol–water partition coefficient (Wildman–Crippen LogP) is -0.513. The summed E-state index contributed by atoms with van der Waals surface area (Å²) in [5.41, 5.74) is 5.42. The smallest absolute Gasteiger partial charge is 0.275 e. The minimum atomic E-state index is -0.473. The highest BCUT2D eigenvalue weighted by atomic mass is 32.1. The summed E-state index contributed by atoms with van der Waals surface area (Å²) in [6, 6.07) is 1.39. The van der Waals surface area contributed by atoms with Crippen molar-refractivity contribution in [3.63, 3.8) is 0 Å². The second-order valence-corrected chi connectivity index (χ2v) is 4.11. The minimum absolute atomic E-state index is 0.0342. The highest BCUT2D eigenvalue weighted by Crippen LogP contribution is 2.11. The molecule has 0 aromatic carbocycles. The SMILES string of the molecule is Cc1cc(=O)n2nc(CC(N)=O)sc2n1. The van der Waals surface area contributed by atoms with E-state index in [-0.39, 0.29) is 12.0 Å². The van der Waals surface area contributed by atoms with Gasteiger partial charge in [0.1, 0.15) is 5.01 Å². The van der Waals surface area contributed by atoms with Crippen LogP contribution in [-0.2, 0) is 11.2 Å². The van der Waals surface area contributed by atoms with Gasteiger partial charge in [0.2, 0.25) is 10.9 Å². The Hall–Kier alpha value is -1.76. The lowest BCUT2D eigenvalue weighted by atomic mass is 10.4. The van der Waals surface area contributed by atoms with E-state index in [0.717, 1.165) is 0 Å². The minimum Gasteiger partial charge on any atom is -0.369 e. The number of amides is 1. The van der Waals surface area contributed by atoms with Crippen molar-refractivity contribution in [2.45, 2.75) is 13.3 Å². The molecule has 2 aromatic rings. The zero-order valence-electron chi connectivity index (χ0n) is 7.93. The maximum Gasteiger partial charge on any atom is 0.275 e. The number of carbonyl (C=O) groups excluding carboxylic acids is 1. The Kier molecular flexibility index (Phi) is 2.24. The van der Waals surface area contributed by atoms with Crippen molar-refractivity contribution >= 4 is 22.2 Å². The average molecular weight is 224 g/mol. The van der Waals surface area contributed by atoms with Gasteiger partial charge in [-0.1, -0.05) is 11.3 Å². The van der Waals surface area contributed by atoms with Gasteiger partial charge in [-0.2, -0.15) is 9.61 Å². The topological polar surface area (TPSA) is 90.4 Å². The summed E-state index contributed by atoms with van der Waals surface area (Å²) in [5, 5.41) is 4.45. The van der Waals surface area contributed by atoms with E-state index >= 15 is 0 Å². The monoisotopic (exact) mass is 224 g/mol. The van der Waals surface area contributed by atoms with Crippen LogP contribution in [0.5, 0.6) is 0 Å². The van der Waals surface area contributed by atoms with Gasteiger partial charge in [-0.15, -0.1) is 0 Å². The van der Waals surface area contributed by atoms with Gasteiger partial charge < -0.3 is 5.73 Å². The first-order valence-electron chi connectivity index (χ1n) is 4.21. The van der Waals surface area contributed by atoms with Crippen LogP contribution in [0.25, 0.3) is 4.96 Å². The Morgan fingerprint density at radius 1 is 1.67 bits per heavy atom. The zero-order valence-corrected chi connectivity index (χ0v) is 8.74. The Morgan fingerprint density at radius 3 is 3.07 bits per heavy atom. The number of aryl methyl sites for hydroxylation is 1. The van der Waals surface area contributed by atoms with Crippen LogP contribution >= 0.6 is 11.3 Å². The first-order valence-corrected chi connectivity index (χ1v) is 5.02. The summed E-state index contributed by atoms with van der Waals surface area (Å²) in [4.78, 5) is 26.7. The largest absolute Gasteiger partial charge is 0.369 e. The maximum absolute atomic E-state index is 11.4. The molecule has 0 saturated heterocycles. The summed E-state index contributed by atoms with van der Waals surface area (Å²) in [7, 11) is 0. The van der Waals surface area contributed by atoms with E-state index in [1.807, 2.05) is 0 Å². The lowest BCUT2D eigenvalue weighted by Crippen LogP contribution is -2.16. The number of fused-ring (bicyclic) bond motifs is 1. The van der Waals surface area contributed by atoms with Crippen LogP contribution in [-0.4, -0.2) is 20.5 Å². The van der Waals surface area contributed by atoms with Crippen molar-refractivity contribution in [1.29, 1.82) is 0 Å². The summed E-state index contributed by atoms with van der Waals surface area (Å²) in [6.45, 7) is 1.73. The molecule has 2 heterocycles. The van der Waals surface area contributed by atoms with Gasteiger partial charge in [0.05, 0.1) is 6.42 Å². The fourth-order valence-electron chi connectivity index (χ4n) is 1.18. The van der Waals surface area contributed by atoms with Gasteiger partial charge in [-0.25, -0.2) is 4.98 Å². The number of hydrogen-bond donors (Lipinski definition) is 1. The van der Waals surface area contributed by atoms with Gasteiger partial charge in [0.15, 0.2) is 0 Å². The predicted molar refractivity (Wildman–Crippen MR) is 54.8 cm³/mol. The lowest BCUT2D eigenvalue weighted by Gasteiger charge is -1.89. The van der Waals surface area contributed by atoms with Crippen LogP contribution in [0.15, 0.2) is 10.9 Å². The Labute approximate surface area is 88.4 Å². The molecular formula is C8H8N4O2S. The quantitative estimate of drug-likeness (QED) is 0.743. The highest BCUT2D eigenvalue weighted by molar-refractivity contribution is 7.16. The van der Waals surface area contributed by atoms with Crippen LogP contribution in [0.2, 0.25) is 0 Å². The number of hydrogen-bond acceptors (Lipinski definition) is 5. The van der Waals surface area contributed by atoms with Crippen molar-refractivity contribution in [1.82, 2.24) is 14.6 Å². The van der Waals surface area contributed by atoms with E-state index in [4.69, 9.17) is 5.73 Å². The molecule has 0 spiro atoms. The van der Waals surface area contributed by atoms with E-state index in [9.17, 15) is 9.59 Å².